The second kappa shape index (κ2) is 8.14. The number of hydrogen-bond acceptors (Lipinski definition) is 1. The molecule has 1 rings (SSSR count). The summed E-state index contributed by atoms with van der Waals surface area (Å²) in [5.74, 6) is 2.17. The van der Waals surface area contributed by atoms with Crippen LogP contribution in [-0.4, -0.2) is 9.04 Å². The van der Waals surface area contributed by atoms with Crippen LogP contribution >= 0.6 is 0 Å². The van der Waals surface area contributed by atoms with Crippen molar-refractivity contribution in [1.82, 2.24) is 0 Å². The van der Waals surface area contributed by atoms with Gasteiger partial charge in [0.05, 0.1) is 5.76 Å². The third-order valence-corrected chi connectivity index (χ3v) is 4.83. The molecule has 2 heteroatoms. The van der Waals surface area contributed by atoms with Crippen LogP contribution < -0.4 is 0 Å². The Labute approximate surface area is 122 Å². The van der Waals surface area contributed by atoms with Gasteiger partial charge in [0.1, 0.15) is 0 Å². The molecule has 1 nitrogen and oxygen atoms in total. The van der Waals surface area contributed by atoms with E-state index < -0.39 is 9.04 Å². The fourth-order valence-corrected chi connectivity index (χ4v) is 3.67. The Balaban J connectivity index is 2.55. The third-order valence-electron chi connectivity index (χ3n) is 4.16. The van der Waals surface area contributed by atoms with E-state index in [1.54, 1.807) is 0 Å². The van der Waals surface area contributed by atoms with Crippen LogP contribution in [0, 0.1) is 11.3 Å². The van der Waals surface area contributed by atoms with Crippen LogP contribution in [-0.2, 0) is 4.43 Å². The smallest absolute Gasteiger partial charge is 0.273 e. The molecule has 1 unspecified atom stereocenters. The summed E-state index contributed by atoms with van der Waals surface area (Å²) in [6.07, 6.45) is 12.9. The minimum atomic E-state index is -0.593. The van der Waals surface area contributed by atoms with Crippen LogP contribution in [0.4, 0.5) is 0 Å². The van der Waals surface area contributed by atoms with Crippen LogP contribution in [0.1, 0.15) is 72.1 Å². The zero-order valence-electron chi connectivity index (χ0n) is 13.7. The lowest BCUT2D eigenvalue weighted by atomic mass is 9.75. The highest BCUT2D eigenvalue weighted by Gasteiger charge is 2.23. The Hall–Kier alpha value is -0.243. The molecule has 0 aliphatic heterocycles. The highest BCUT2D eigenvalue weighted by Crippen LogP contribution is 2.35. The maximum atomic E-state index is 6.02. The number of hydrogen-bond donors (Lipinski definition) is 0. The molecule has 0 aromatic carbocycles. The van der Waals surface area contributed by atoms with Gasteiger partial charge in [0.2, 0.25) is 0 Å². The molecule has 0 amide bonds. The Morgan fingerprint density at radius 1 is 1.05 bits per heavy atom. The maximum absolute atomic E-state index is 6.02. The van der Waals surface area contributed by atoms with Gasteiger partial charge in [-0.1, -0.05) is 33.6 Å². The van der Waals surface area contributed by atoms with Gasteiger partial charge in [-0.3, -0.25) is 0 Å². The van der Waals surface area contributed by atoms with Crippen molar-refractivity contribution in [2.24, 2.45) is 11.3 Å². The van der Waals surface area contributed by atoms with Gasteiger partial charge >= 0.3 is 0 Å². The monoisotopic (exact) mass is 281 g/mol. The summed E-state index contributed by atoms with van der Waals surface area (Å²) >= 11 is 0. The summed E-state index contributed by atoms with van der Waals surface area (Å²) in [6, 6.07) is 0. The lowest BCUT2D eigenvalue weighted by Crippen LogP contribution is -2.20. The number of rotatable bonds is 2. The molecule has 1 aliphatic carbocycles. The van der Waals surface area contributed by atoms with E-state index in [0.29, 0.717) is 5.41 Å². The van der Waals surface area contributed by atoms with Crippen molar-refractivity contribution in [2.45, 2.75) is 85.2 Å². The Bertz CT molecular complexity index is 275. The zero-order chi connectivity index (χ0) is 14.3. The van der Waals surface area contributed by atoms with Crippen LogP contribution in [0.15, 0.2) is 11.8 Å². The van der Waals surface area contributed by atoms with E-state index >= 15 is 0 Å². The van der Waals surface area contributed by atoms with Crippen molar-refractivity contribution in [3.63, 3.8) is 0 Å². The topological polar surface area (TPSA) is 9.23 Å². The molecule has 0 spiro atoms. The molecule has 1 atom stereocenters. The van der Waals surface area contributed by atoms with Gasteiger partial charge in [0.15, 0.2) is 0 Å². The first-order valence-electron chi connectivity index (χ1n) is 8.06. The lowest BCUT2D eigenvalue weighted by Gasteiger charge is -2.31. The van der Waals surface area contributed by atoms with Gasteiger partial charge in [0, 0.05) is 6.42 Å². The Kier molecular flexibility index (Phi) is 7.20. The van der Waals surface area contributed by atoms with Crippen LogP contribution in [0.5, 0.6) is 0 Å². The van der Waals surface area contributed by atoms with E-state index in [1.165, 1.54) is 50.7 Å². The van der Waals surface area contributed by atoms with E-state index in [9.17, 15) is 0 Å². The lowest BCUT2D eigenvalue weighted by molar-refractivity contribution is 0.203. The van der Waals surface area contributed by atoms with E-state index in [0.717, 1.165) is 12.3 Å². The first-order chi connectivity index (χ1) is 8.89. The average Bonchev–Trinajstić information content (AvgIpc) is 2.32. The SMILES string of the molecule is C[Si](C)O/C1=C/CCCC(C(C)(C)C)CCCCC1. The van der Waals surface area contributed by atoms with Crippen LogP contribution in [0.3, 0.4) is 0 Å². The normalized spacial score (nSPS) is 26.4. The first-order valence-corrected chi connectivity index (χ1v) is 10.5. The second-order valence-corrected chi connectivity index (χ2v) is 9.29. The largest absolute Gasteiger partial charge is 0.546 e. The van der Waals surface area contributed by atoms with E-state index in [1.807, 2.05) is 0 Å². The van der Waals surface area contributed by atoms with Crippen molar-refractivity contribution in [1.29, 1.82) is 0 Å². The fraction of sp³-hybridized carbons (Fsp3) is 0.882. The van der Waals surface area contributed by atoms with Crippen molar-refractivity contribution in [2.75, 3.05) is 0 Å². The molecule has 1 aliphatic rings. The van der Waals surface area contributed by atoms with Gasteiger partial charge < -0.3 is 4.43 Å². The Morgan fingerprint density at radius 2 is 1.74 bits per heavy atom. The van der Waals surface area contributed by atoms with Gasteiger partial charge in [-0.15, -0.1) is 0 Å². The van der Waals surface area contributed by atoms with E-state index in [2.05, 4.69) is 39.9 Å². The molecule has 0 aromatic heterocycles. The summed E-state index contributed by atoms with van der Waals surface area (Å²) in [4.78, 5) is 0. The van der Waals surface area contributed by atoms with Crippen molar-refractivity contribution in [3.8, 4) is 0 Å². The molecule has 19 heavy (non-hydrogen) atoms. The van der Waals surface area contributed by atoms with E-state index in [4.69, 9.17) is 4.43 Å². The zero-order valence-corrected chi connectivity index (χ0v) is 14.7. The minimum Gasteiger partial charge on any atom is -0.546 e. The highest BCUT2D eigenvalue weighted by atomic mass is 28.3. The average molecular weight is 282 g/mol. The molecule has 0 fully saturated rings. The summed E-state index contributed by atoms with van der Waals surface area (Å²) in [7, 11) is -0.593. The first kappa shape index (κ1) is 16.8. The summed E-state index contributed by atoms with van der Waals surface area (Å²) in [5, 5.41) is 0. The van der Waals surface area contributed by atoms with E-state index in [-0.39, 0.29) is 0 Å². The fourth-order valence-electron chi connectivity index (χ4n) is 2.96. The van der Waals surface area contributed by atoms with Gasteiger partial charge in [-0.05, 0) is 62.6 Å². The minimum absolute atomic E-state index is 0.472. The van der Waals surface area contributed by atoms with Gasteiger partial charge in [-0.25, -0.2) is 0 Å². The molecular weight excluding hydrogens is 248 g/mol. The summed E-state index contributed by atoms with van der Waals surface area (Å²) in [6.45, 7) is 11.7. The summed E-state index contributed by atoms with van der Waals surface area (Å²) in [5.41, 5.74) is 0.472. The molecule has 1 radical (unpaired) electrons. The molecule has 0 aromatic rings. The van der Waals surface area contributed by atoms with Crippen molar-refractivity contribution in [3.05, 3.63) is 11.8 Å². The standard InChI is InChI=1S/C17H33OSi/c1-17(2,3)15-11-7-6-8-13-16(18-19(4)5)14-10-9-12-15/h14-15H,6-13H2,1-5H3/b16-14+. The molecule has 0 N–H and O–H groups in total. The molecule has 0 saturated carbocycles. The van der Waals surface area contributed by atoms with Crippen LogP contribution in [0.25, 0.3) is 0 Å². The molecular formula is C17H33OSi. The predicted octanol–water partition coefficient (Wildman–Crippen LogP) is 5.93. The molecule has 0 saturated heterocycles. The molecule has 0 bridgehead atoms. The molecule has 0 heterocycles. The second-order valence-electron chi connectivity index (χ2n) is 7.27. The van der Waals surface area contributed by atoms with Crippen molar-refractivity contribution < 1.29 is 4.43 Å². The maximum Gasteiger partial charge on any atom is 0.273 e. The van der Waals surface area contributed by atoms with Crippen molar-refractivity contribution >= 4 is 9.04 Å². The predicted molar refractivity (Wildman–Crippen MR) is 86.5 cm³/mol. The molecule has 111 valence electrons. The number of allylic oxidation sites excluding steroid dienone is 2. The summed E-state index contributed by atoms with van der Waals surface area (Å²) < 4.78 is 6.02. The van der Waals surface area contributed by atoms with Crippen LogP contribution in [0.2, 0.25) is 13.1 Å². The Morgan fingerprint density at radius 3 is 2.37 bits per heavy atom. The quantitative estimate of drug-likeness (QED) is 0.570. The van der Waals surface area contributed by atoms with Gasteiger partial charge in [0.25, 0.3) is 9.04 Å². The van der Waals surface area contributed by atoms with Gasteiger partial charge in [-0.2, -0.15) is 0 Å². The third kappa shape index (κ3) is 7.19. The highest BCUT2D eigenvalue weighted by molar-refractivity contribution is 6.48.